The summed E-state index contributed by atoms with van der Waals surface area (Å²) in [5.41, 5.74) is 14.6. The number of halogens is 1. The highest BCUT2D eigenvalue weighted by Crippen LogP contribution is 2.42. The number of pyridine rings is 1. The maximum Gasteiger partial charge on any atom is 0.158 e. The lowest BCUT2D eigenvalue weighted by molar-refractivity contribution is 0.0974. The summed E-state index contributed by atoms with van der Waals surface area (Å²) in [6.45, 7) is 4.45. The Hall–Kier alpha value is -3.43. The van der Waals surface area contributed by atoms with E-state index in [-0.39, 0.29) is 17.6 Å². The van der Waals surface area contributed by atoms with E-state index in [0.29, 0.717) is 32.9 Å². The van der Waals surface area contributed by atoms with Gasteiger partial charge in [0.15, 0.2) is 11.5 Å². The van der Waals surface area contributed by atoms with Crippen molar-refractivity contribution in [3.8, 4) is 11.8 Å². The van der Waals surface area contributed by atoms with Crippen molar-refractivity contribution in [3.63, 3.8) is 0 Å². The first-order valence-corrected chi connectivity index (χ1v) is 13.5. The number of ether oxygens (including phenoxy) is 1. The molecule has 12 heteroatoms. The predicted molar refractivity (Wildman–Crippen MR) is 146 cm³/mol. The molecule has 4 N–H and O–H groups in total. The summed E-state index contributed by atoms with van der Waals surface area (Å²) < 4.78 is 7.50. The summed E-state index contributed by atoms with van der Waals surface area (Å²) in [5, 5.41) is 5.26. The van der Waals surface area contributed by atoms with Crippen molar-refractivity contribution in [1.82, 2.24) is 29.5 Å². The number of imidazole rings is 1. The predicted octanol–water partition coefficient (Wildman–Crippen LogP) is 3.03. The molecule has 4 aromatic rings. The zero-order valence-corrected chi connectivity index (χ0v) is 22.3. The molecule has 0 aromatic carbocycles. The van der Waals surface area contributed by atoms with Crippen LogP contribution in [0.25, 0.3) is 5.65 Å². The van der Waals surface area contributed by atoms with Crippen LogP contribution < -0.4 is 16.4 Å². The number of hydrogen-bond donors (Lipinski definition) is 2. The molecule has 2 aliphatic heterocycles. The van der Waals surface area contributed by atoms with E-state index in [1.54, 1.807) is 35.4 Å². The van der Waals surface area contributed by atoms with Crippen LogP contribution in [-0.4, -0.2) is 61.4 Å². The maximum absolute atomic E-state index is 6.66. The van der Waals surface area contributed by atoms with E-state index in [9.17, 15) is 0 Å². The van der Waals surface area contributed by atoms with Crippen LogP contribution in [0.1, 0.15) is 31.2 Å². The molecule has 4 aromatic heterocycles. The summed E-state index contributed by atoms with van der Waals surface area (Å²) in [6, 6.07) is 5.56. The second kappa shape index (κ2) is 10.0. The van der Waals surface area contributed by atoms with Crippen LogP contribution in [0.5, 0.6) is 0 Å². The first kappa shape index (κ1) is 24.9. The number of piperidine rings is 1. The fraction of sp³-hybridized carbons (Fsp3) is 0.346. The van der Waals surface area contributed by atoms with Gasteiger partial charge in [-0.05, 0) is 49.8 Å². The number of fused-ring (bicyclic) bond motifs is 1. The molecule has 194 valence electrons. The Morgan fingerprint density at radius 2 is 1.97 bits per heavy atom. The third kappa shape index (κ3) is 4.54. The minimum Gasteiger partial charge on any atom is -0.381 e. The smallest absolute Gasteiger partial charge is 0.158 e. The molecule has 1 spiro atoms. The Kier molecular flexibility index (Phi) is 6.57. The number of anilines is 2. The molecule has 2 fully saturated rings. The normalized spacial score (nSPS) is 20.6. The van der Waals surface area contributed by atoms with Crippen molar-refractivity contribution < 1.29 is 4.74 Å². The molecule has 0 aliphatic carbocycles. The molecule has 0 amide bonds. The molecule has 10 nitrogen and oxygen atoms in total. The Morgan fingerprint density at radius 3 is 2.74 bits per heavy atom. The lowest BCUT2D eigenvalue weighted by Gasteiger charge is -2.41. The van der Waals surface area contributed by atoms with Crippen LogP contribution in [0, 0.1) is 17.3 Å². The number of aromatic nitrogens is 6. The fourth-order valence-corrected chi connectivity index (χ4v) is 6.06. The molecule has 6 rings (SSSR count). The van der Waals surface area contributed by atoms with Gasteiger partial charge >= 0.3 is 0 Å². The van der Waals surface area contributed by atoms with Gasteiger partial charge in [-0.15, -0.1) is 0 Å². The number of hydrogen-bond acceptors (Lipinski definition) is 10. The molecular weight excluding hydrogens is 522 g/mol. The summed E-state index contributed by atoms with van der Waals surface area (Å²) in [6.07, 6.45) is 8.78. The van der Waals surface area contributed by atoms with Crippen molar-refractivity contribution in [2.24, 2.45) is 11.1 Å². The lowest BCUT2D eigenvalue weighted by atomic mass is 9.73. The highest BCUT2D eigenvalue weighted by molar-refractivity contribution is 7.99. The van der Waals surface area contributed by atoms with Gasteiger partial charge in [0.2, 0.25) is 0 Å². The summed E-state index contributed by atoms with van der Waals surface area (Å²) in [5.74, 6) is 7.19. The van der Waals surface area contributed by atoms with Crippen molar-refractivity contribution in [3.05, 3.63) is 59.4 Å². The SMILES string of the molecule is C[C@@H]1OCC2(CCN(c3cnc(Sc4ccnc(C#Cc5cnc6cccnn56)c4Cl)c(N)n3)CC2)[C@@H]1N. The third-order valence-corrected chi connectivity index (χ3v) is 8.89. The van der Waals surface area contributed by atoms with Gasteiger partial charge in [-0.25, -0.2) is 24.5 Å². The Morgan fingerprint density at radius 1 is 1.13 bits per heavy atom. The van der Waals surface area contributed by atoms with Gasteiger partial charge in [-0.1, -0.05) is 23.4 Å². The van der Waals surface area contributed by atoms with E-state index in [0.717, 1.165) is 43.3 Å². The Bertz CT molecular complexity index is 1560. The molecule has 0 bridgehead atoms. The second-order valence-electron chi connectivity index (χ2n) is 9.57. The lowest BCUT2D eigenvalue weighted by Crippen LogP contribution is -2.50. The molecule has 0 unspecified atom stereocenters. The van der Waals surface area contributed by atoms with Crippen LogP contribution >= 0.6 is 23.4 Å². The standard InChI is InChI=1S/C26H26ClN9OS/c1-16-23(28)26(15-37-16)7-11-35(12-8-26)21-14-32-25(24(29)34-21)38-19-6-10-30-18(22(19)27)5-4-17-13-31-20-3-2-9-33-36(17)20/h2-3,6,9-10,13-14,16,23H,7-8,11-12,15,28H2,1H3,(H2,29,34)/t16-,23+/m0/s1. The zero-order valence-electron chi connectivity index (χ0n) is 20.7. The third-order valence-electron chi connectivity index (χ3n) is 7.33. The van der Waals surface area contributed by atoms with E-state index in [4.69, 9.17) is 27.8 Å². The van der Waals surface area contributed by atoms with E-state index < -0.39 is 0 Å². The number of rotatable bonds is 3. The highest BCUT2D eigenvalue weighted by atomic mass is 35.5. The van der Waals surface area contributed by atoms with Gasteiger partial charge in [0, 0.05) is 41.8 Å². The first-order chi connectivity index (χ1) is 18.4. The highest BCUT2D eigenvalue weighted by Gasteiger charge is 2.47. The fourth-order valence-electron chi connectivity index (χ4n) is 5.00. The van der Waals surface area contributed by atoms with Gasteiger partial charge in [-0.3, -0.25) is 0 Å². The summed E-state index contributed by atoms with van der Waals surface area (Å²) in [4.78, 5) is 20.8. The van der Waals surface area contributed by atoms with Crippen molar-refractivity contribution >= 4 is 40.6 Å². The van der Waals surface area contributed by atoms with Crippen molar-refractivity contribution in [1.29, 1.82) is 0 Å². The van der Waals surface area contributed by atoms with Crippen molar-refractivity contribution in [2.75, 3.05) is 30.3 Å². The monoisotopic (exact) mass is 547 g/mol. The average molecular weight is 548 g/mol. The van der Waals surface area contributed by atoms with E-state index in [1.165, 1.54) is 11.8 Å². The number of nitrogen functional groups attached to an aromatic ring is 1. The topological polar surface area (TPSA) is 133 Å². The Labute approximate surface area is 229 Å². The molecule has 2 aliphatic rings. The number of nitrogens with zero attached hydrogens (tertiary/aromatic N) is 7. The molecule has 38 heavy (non-hydrogen) atoms. The van der Waals surface area contributed by atoms with Crippen LogP contribution in [0.2, 0.25) is 5.02 Å². The molecule has 0 saturated carbocycles. The van der Waals surface area contributed by atoms with Gasteiger partial charge in [0.1, 0.15) is 22.2 Å². The van der Waals surface area contributed by atoms with Gasteiger partial charge in [0.05, 0.1) is 30.1 Å². The molecular formula is C26H26ClN9OS. The average Bonchev–Trinajstić information content (AvgIpc) is 3.47. The largest absolute Gasteiger partial charge is 0.381 e. The zero-order chi connectivity index (χ0) is 26.3. The summed E-state index contributed by atoms with van der Waals surface area (Å²) >= 11 is 7.99. The Balaban J connectivity index is 1.17. The first-order valence-electron chi connectivity index (χ1n) is 12.3. The van der Waals surface area contributed by atoms with Crippen molar-refractivity contribution in [2.45, 2.75) is 41.8 Å². The van der Waals surface area contributed by atoms with Gasteiger partial charge < -0.3 is 21.1 Å². The molecule has 0 radical (unpaired) electrons. The van der Waals surface area contributed by atoms with E-state index in [1.807, 2.05) is 12.1 Å². The second-order valence-corrected chi connectivity index (χ2v) is 11.0. The minimum absolute atomic E-state index is 0.0467. The maximum atomic E-state index is 6.66. The molecule has 6 heterocycles. The molecule has 2 atom stereocenters. The van der Waals surface area contributed by atoms with E-state index >= 15 is 0 Å². The van der Waals surface area contributed by atoms with Crippen LogP contribution in [0.4, 0.5) is 11.6 Å². The van der Waals surface area contributed by atoms with E-state index in [2.05, 4.69) is 48.7 Å². The molecule has 2 saturated heterocycles. The minimum atomic E-state index is 0.0467. The number of nitrogens with two attached hydrogens (primary N) is 2. The summed E-state index contributed by atoms with van der Waals surface area (Å²) in [7, 11) is 0. The van der Waals surface area contributed by atoms with Gasteiger partial charge in [-0.2, -0.15) is 5.10 Å². The van der Waals surface area contributed by atoms with Crippen LogP contribution in [-0.2, 0) is 4.74 Å². The van der Waals surface area contributed by atoms with Crippen LogP contribution in [0.15, 0.2) is 52.9 Å². The van der Waals surface area contributed by atoms with Gasteiger partial charge in [0.25, 0.3) is 0 Å². The quantitative estimate of drug-likeness (QED) is 0.368. The van der Waals surface area contributed by atoms with Crippen LogP contribution in [0.3, 0.4) is 0 Å².